The number of ether oxygens (including phenoxy) is 4. The molecule has 0 amide bonds. The zero-order chi connectivity index (χ0) is 30.6. The first-order valence-electron chi connectivity index (χ1n) is 13.7. The summed E-state index contributed by atoms with van der Waals surface area (Å²) in [7, 11) is 0. The molecule has 0 fully saturated rings. The van der Waals surface area contributed by atoms with Gasteiger partial charge in [0, 0.05) is 36.9 Å². The third-order valence-corrected chi connectivity index (χ3v) is 6.41. The molecule has 1 aromatic carbocycles. The molecule has 44 heavy (non-hydrogen) atoms. The molecule has 3 heterocycles. The van der Waals surface area contributed by atoms with Gasteiger partial charge in [0.25, 0.3) is 5.69 Å². The van der Waals surface area contributed by atoms with Crippen molar-refractivity contribution in [3.8, 4) is 0 Å². The highest BCUT2D eigenvalue weighted by molar-refractivity contribution is 6.00. The minimum atomic E-state index is -1.08. The van der Waals surface area contributed by atoms with Crippen LogP contribution in [0.2, 0.25) is 0 Å². The molecule has 13 heteroatoms. The number of rotatable bonds is 14. The van der Waals surface area contributed by atoms with E-state index in [9.17, 15) is 19.7 Å². The lowest BCUT2D eigenvalue weighted by Crippen LogP contribution is -2.37. The zero-order valence-corrected chi connectivity index (χ0v) is 25.1. The van der Waals surface area contributed by atoms with Gasteiger partial charge in [0.05, 0.1) is 73.0 Å². The van der Waals surface area contributed by atoms with Gasteiger partial charge in [-0.25, -0.2) is 9.59 Å². The summed E-state index contributed by atoms with van der Waals surface area (Å²) in [5, 5.41) is 14.9. The number of benzene rings is 1. The van der Waals surface area contributed by atoms with Crippen LogP contribution in [0.3, 0.4) is 0 Å². The largest absolute Gasteiger partial charge is 0.463 e. The van der Waals surface area contributed by atoms with Crippen LogP contribution in [0.15, 0.2) is 95.9 Å². The average molecular weight is 625 g/mol. The molecule has 4 rings (SSSR count). The molecule has 1 aliphatic heterocycles. The molecule has 0 saturated heterocycles. The second kappa shape index (κ2) is 16.8. The Hall–Kier alpha value is -4.65. The van der Waals surface area contributed by atoms with E-state index in [0.717, 1.165) is 11.1 Å². The number of nitro benzene ring substituents is 1. The summed E-state index contributed by atoms with van der Waals surface area (Å²) in [6.45, 7) is 3.69. The summed E-state index contributed by atoms with van der Waals surface area (Å²) >= 11 is 0. The van der Waals surface area contributed by atoms with Crippen molar-refractivity contribution in [2.24, 2.45) is 0 Å². The first-order chi connectivity index (χ1) is 20.9. The highest BCUT2D eigenvalue weighted by Crippen LogP contribution is 2.40. The summed E-state index contributed by atoms with van der Waals surface area (Å²) in [4.78, 5) is 46.4. The summed E-state index contributed by atoms with van der Waals surface area (Å²) < 4.78 is 22.8. The van der Waals surface area contributed by atoms with E-state index in [4.69, 9.17) is 18.9 Å². The fourth-order valence-corrected chi connectivity index (χ4v) is 4.60. The van der Waals surface area contributed by atoms with E-state index in [0.29, 0.717) is 17.0 Å². The fraction of sp³-hybridized carbons (Fsp3) is 0.290. The second-order valence-corrected chi connectivity index (χ2v) is 9.34. The lowest BCUT2D eigenvalue weighted by molar-refractivity contribution is -0.384. The van der Waals surface area contributed by atoms with Crippen LogP contribution in [0.5, 0.6) is 0 Å². The normalized spacial score (nSPS) is 13.1. The number of nitrogens with zero attached hydrogens (tertiary/aromatic N) is 3. The quantitative estimate of drug-likeness (QED) is 0.153. The van der Waals surface area contributed by atoms with Crippen LogP contribution < -0.4 is 5.32 Å². The van der Waals surface area contributed by atoms with Crippen LogP contribution in [-0.4, -0.2) is 53.3 Å². The predicted molar refractivity (Wildman–Crippen MR) is 161 cm³/mol. The van der Waals surface area contributed by atoms with Crippen molar-refractivity contribution in [2.75, 3.05) is 26.4 Å². The van der Waals surface area contributed by atoms with E-state index in [1.807, 2.05) is 12.1 Å². The van der Waals surface area contributed by atoms with Crippen LogP contribution in [0.1, 0.15) is 36.5 Å². The average Bonchev–Trinajstić information content (AvgIpc) is 3.02. The number of aromatic nitrogens is 2. The molecule has 0 unspecified atom stereocenters. The van der Waals surface area contributed by atoms with E-state index in [1.54, 1.807) is 56.8 Å². The number of hydrogen-bond acceptors (Lipinski definition) is 11. The van der Waals surface area contributed by atoms with Crippen molar-refractivity contribution >= 4 is 30.0 Å². The lowest BCUT2D eigenvalue weighted by Gasteiger charge is -2.32. The van der Waals surface area contributed by atoms with Crippen LogP contribution >= 0.6 is 12.4 Å². The third kappa shape index (κ3) is 8.69. The van der Waals surface area contributed by atoms with Crippen LogP contribution in [-0.2, 0) is 41.8 Å². The first kappa shape index (κ1) is 33.8. The Balaban J connectivity index is 0.00000529. The fourth-order valence-electron chi connectivity index (χ4n) is 4.60. The van der Waals surface area contributed by atoms with Gasteiger partial charge in [0.15, 0.2) is 0 Å². The van der Waals surface area contributed by atoms with Gasteiger partial charge < -0.3 is 24.3 Å². The smallest absolute Gasteiger partial charge is 0.336 e. The molecule has 1 N–H and O–H groups in total. The topological polar surface area (TPSA) is 152 Å². The highest BCUT2D eigenvalue weighted by atomic mass is 35.5. The Kier molecular flexibility index (Phi) is 13.0. The molecule has 0 saturated carbocycles. The zero-order valence-electron chi connectivity index (χ0n) is 24.3. The van der Waals surface area contributed by atoms with Gasteiger partial charge in [0.1, 0.15) is 0 Å². The monoisotopic (exact) mass is 624 g/mol. The molecule has 0 bridgehead atoms. The Morgan fingerprint density at radius 2 is 1.34 bits per heavy atom. The van der Waals surface area contributed by atoms with E-state index in [-0.39, 0.29) is 68.9 Å². The summed E-state index contributed by atoms with van der Waals surface area (Å²) in [5.74, 6) is -2.49. The molecule has 1 aliphatic rings. The Bertz CT molecular complexity index is 1420. The van der Waals surface area contributed by atoms with Crippen molar-refractivity contribution in [1.82, 2.24) is 15.3 Å². The number of hydrogen-bond donors (Lipinski definition) is 1. The Morgan fingerprint density at radius 3 is 1.77 bits per heavy atom. The molecule has 0 spiro atoms. The molecule has 0 atom stereocenters. The number of nitrogens with one attached hydrogen (secondary N) is 1. The highest BCUT2D eigenvalue weighted by Gasteiger charge is 2.40. The predicted octanol–water partition coefficient (Wildman–Crippen LogP) is 4.56. The number of pyridine rings is 2. The van der Waals surface area contributed by atoms with Gasteiger partial charge in [-0.3, -0.25) is 20.1 Å². The third-order valence-electron chi connectivity index (χ3n) is 6.41. The summed E-state index contributed by atoms with van der Waals surface area (Å²) in [6, 6.07) is 13.0. The van der Waals surface area contributed by atoms with E-state index in [1.165, 1.54) is 18.2 Å². The van der Waals surface area contributed by atoms with Crippen molar-refractivity contribution < 1.29 is 33.5 Å². The van der Waals surface area contributed by atoms with E-state index >= 15 is 0 Å². The minimum Gasteiger partial charge on any atom is -0.463 e. The van der Waals surface area contributed by atoms with Crippen molar-refractivity contribution in [3.63, 3.8) is 0 Å². The molecule has 0 radical (unpaired) electrons. The maximum Gasteiger partial charge on any atom is 0.336 e. The number of halogens is 1. The lowest BCUT2D eigenvalue weighted by atomic mass is 9.80. The number of nitro groups is 1. The van der Waals surface area contributed by atoms with Gasteiger partial charge >= 0.3 is 11.9 Å². The van der Waals surface area contributed by atoms with Crippen molar-refractivity contribution in [2.45, 2.75) is 33.0 Å². The molecule has 0 aliphatic carbocycles. The van der Waals surface area contributed by atoms with Gasteiger partial charge in [0.2, 0.25) is 0 Å². The standard InChI is InChI=1S/C31H32N4O8.ClH/c1-3-42-30(36)28-25(19-40-17-21-8-6-12-32-15-21)34-26(20-41-18-22-9-7-13-33-16-22)29(31(37)43-4-2)27(28)23-10-5-11-24(14-23)35(38)39;/h5-16,27,34H,3-4,17-20H2,1-2H3;1H. The van der Waals surface area contributed by atoms with Crippen LogP contribution in [0.25, 0.3) is 0 Å². The van der Waals surface area contributed by atoms with Gasteiger partial charge in [-0.1, -0.05) is 24.3 Å². The molecular weight excluding hydrogens is 592 g/mol. The van der Waals surface area contributed by atoms with E-state index < -0.39 is 22.8 Å². The molecular formula is C31H33ClN4O8. The Labute approximate surface area is 260 Å². The maximum absolute atomic E-state index is 13.5. The van der Waals surface area contributed by atoms with E-state index in [2.05, 4.69) is 15.3 Å². The van der Waals surface area contributed by atoms with Gasteiger partial charge in [-0.2, -0.15) is 0 Å². The van der Waals surface area contributed by atoms with Gasteiger partial charge in [-0.05, 0) is 42.7 Å². The van der Waals surface area contributed by atoms with Crippen LogP contribution in [0, 0.1) is 10.1 Å². The molecule has 12 nitrogen and oxygen atoms in total. The van der Waals surface area contributed by atoms with Gasteiger partial charge in [-0.15, -0.1) is 12.4 Å². The number of non-ortho nitro benzene ring substituents is 1. The van der Waals surface area contributed by atoms with Crippen molar-refractivity contribution in [3.05, 3.63) is 123 Å². The molecule has 2 aromatic heterocycles. The Morgan fingerprint density at radius 1 is 0.818 bits per heavy atom. The van der Waals surface area contributed by atoms with Crippen LogP contribution in [0.4, 0.5) is 5.69 Å². The first-order valence-corrected chi connectivity index (χ1v) is 13.7. The molecule has 3 aromatic rings. The number of esters is 2. The number of carbonyl (C=O) groups is 2. The maximum atomic E-state index is 13.5. The summed E-state index contributed by atoms with van der Waals surface area (Å²) in [5.41, 5.74) is 2.56. The number of carbonyl (C=O) groups excluding carboxylic acids is 2. The minimum absolute atomic E-state index is 0. The number of dihydropyridines is 1. The van der Waals surface area contributed by atoms with Crippen molar-refractivity contribution in [1.29, 1.82) is 0 Å². The SMILES string of the molecule is CCOC(=O)C1=C(COCc2cccnc2)NC(COCc2cccnc2)=C(C(=O)OCC)C1c1cccc([N+](=O)[O-])c1.Cl. The molecule has 232 valence electrons. The summed E-state index contributed by atoms with van der Waals surface area (Å²) in [6.07, 6.45) is 6.63. The second-order valence-electron chi connectivity index (χ2n) is 9.34.